The number of hydrazine groups is 1. The molecule has 2 aliphatic rings. The number of hydrogen-bond donors (Lipinski definition) is 3. The molecule has 0 radical (unpaired) electrons. The average molecular weight is 408 g/mol. The highest BCUT2D eigenvalue weighted by atomic mass is 16.5. The minimum Gasteiger partial charge on any atom is -0.455 e. The van der Waals surface area contributed by atoms with E-state index in [0.717, 1.165) is 24.3 Å². The summed E-state index contributed by atoms with van der Waals surface area (Å²) in [5.74, 6) is 0.357. The molecule has 30 heavy (non-hydrogen) atoms. The van der Waals surface area contributed by atoms with Crippen molar-refractivity contribution in [3.63, 3.8) is 0 Å². The number of urea groups is 1. The SMILES string of the molecule is O=C(CNc1ccccc1Oc1ccccc1)NN1C(=O)NC2(CCCCC2)C1=O. The standard InChI is InChI=1S/C22H24N4O4/c27-19(25-26-20(28)22(24-21(26)29)13-7-2-8-14-22)15-23-17-11-5-6-12-18(17)30-16-9-3-1-4-10-16/h1,3-6,9-12,23H,2,7-8,13-15H2,(H,24,29)(H,25,27). The van der Waals surface area contributed by atoms with Gasteiger partial charge in [0.05, 0.1) is 12.2 Å². The summed E-state index contributed by atoms with van der Waals surface area (Å²) in [5, 5.41) is 6.58. The molecule has 8 heteroatoms. The van der Waals surface area contributed by atoms with Gasteiger partial charge in [-0.2, -0.15) is 5.01 Å². The molecule has 2 aromatic rings. The predicted molar refractivity (Wildman–Crippen MR) is 111 cm³/mol. The third-order valence-electron chi connectivity index (χ3n) is 5.40. The number of nitrogens with one attached hydrogen (secondary N) is 3. The number of para-hydroxylation sites is 3. The summed E-state index contributed by atoms with van der Waals surface area (Å²) >= 11 is 0. The molecular formula is C22H24N4O4. The van der Waals surface area contributed by atoms with Crippen LogP contribution < -0.4 is 20.8 Å². The van der Waals surface area contributed by atoms with Gasteiger partial charge in [-0.15, -0.1) is 0 Å². The summed E-state index contributed by atoms with van der Waals surface area (Å²) in [6.07, 6.45) is 4.02. The molecule has 2 aromatic carbocycles. The van der Waals surface area contributed by atoms with Crippen molar-refractivity contribution in [3.8, 4) is 11.5 Å². The van der Waals surface area contributed by atoms with Gasteiger partial charge >= 0.3 is 6.03 Å². The Morgan fingerprint density at radius 2 is 1.70 bits per heavy atom. The van der Waals surface area contributed by atoms with Crippen LogP contribution in [0.4, 0.5) is 10.5 Å². The highest BCUT2D eigenvalue weighted by Gasteiger charge is 2.52. The first-order chi connectivity index (χ1) is 14.6. The fourth-order valence-corrected chi connectivity index (χ4v) is 3.87. The number of carbonyl (C=O) groups excluding carboxylic acids is 3. The van der Waals surface area contributed by atoms with Crippen LogP contribution >= 0.6 is 0 Å². The molecule has 1 saturated carbocycles. The predicted octanol–water partition coefficient (Wildman–Crippen LogP) is 3.18. The molecule has 0 unspecified atom stereocenters. The van der Waals surface area contributed by atoms with E-state index in [9.17, 15) is 14.4 Å². The van der Waals surface area contributed by atoms with Crippen molar-refractivity contribution < 1.29 is 19.1 Å². The summed E-state index contributed by atoms with van der Waals surface area (Å²) in [4.78, 5) is 37.4. The maximum Gasteiger partial charge on any atom is 0.344 e. The first-order valence-electron chi connectivity index (χ1n) is 10.1. The second-order valence-electron chi connectivity index (χ2n) is 7.51. The van der Waals surface area contributed by atoms with Crippen LogP contribution in [0.15, 0.2) is 54.6 Å². The van der Waals surface area contributed by atoms with E-state index in [0.29, 0.717) is 30.0 Å². The molecule has 1 heterocycles. The van der Waals surface area contributed by atoms with E-state index < -0.39 is 17.5 Å². The molecule has 0 aromatic heterocycles. The molecule has 8 nitrogen and oxygen atoms in total. The van der Waals surface area contributed by atoms with Gasteiger partial charge in [0.25, 0.3) is 11.8 Å². The van der Waals surface area contributed by atoms with Crippen molar-refractivity contribution in [2.24, 2.45) is 0 Å². The summed E-state index contributed by atoms with van der Waals surface area (Å²) in [6.45, 7) is -0.126. The molecule has 156 valence electrons. The lowest BCUT2D eigenvalue weighted by atomic mass is 9.82. The van der Waals surface area contributed by atoms with Gasteiger partial charge in [0.2, 0.25) is 0 Å². The van der Waals surface area contributed by atoms with Gasteiger partial charge in [-0.3, -0.25) is 15.0 Å². The third kappa shape index (κ3) is 4.07. The van der Waals surface area contributed by atoms with Crippen LogP contribution in [0.3, 0.4) is 0 Å². The van der Waals surface area contributed by atoms with Crippen molar-refractivity contribution in [2.75, 3.05) is 11.9 Å². The quantitative estimate of drug-likeness (QED) is 0.638. The summed E-state index contributed by atoms with van der Waals surface area (Å²) in [5.41, 5.74) is 2.17. The van der Waals surface area contributed by atoms with E-state index >= 15 is 0 Å². The Balaban J connectivity index is 1.36. The van der Waals surface area contributed by atoms with Gasteiger partial charge in [0.15, 0.2) is 5.75 Å². The van der Waals surface area contributed by atoms with Crippen molar-refractivity contribution in [2.45, 2.75) is 37.6 Å². The van der Waals surface area contributed by atoms with Gasteiger partial charge in [-0.05, 0) is 37.1 Å². The number of anilines is 1. The number of imide groups is 1. The van der Waals surface area contributed by atoms with Gasteiger partial charge in [0.1, 0.15) is 11.3 Å². The number of ether oxygens (including phenoxy) is 1. The second kappa shape index (κ2) is 8.44. The molecule has 4 amide bonds. The number of nitrogens with zero attached hydrogens (tertiary/aromatic N) is 1. The van der Waals surface area contributed by atoms with Crippen LogP contribution in [0.5, 0.6) is 11.5 Å². The number of rotatable bonds is 6. The Labute approximate surface area is 174 Å². The second-order valence-corrected chi connectivity index (χ2v) is 7.51. The molecule has 2 fully saturated rings. The van der Waals surface area contributed by atoms with Crippen LogP contribution in [0.25, 0.3) is 0 Å². The number of carbonyl (C=O) groups is 3. The van der Waals surface area contributed by atoms with Crippen molar-refractivity contribution in [1.29, 1.82) is 0 Å². The van der Waals surface area contributed by atoms with Crippen LogP contribution in [-0.2, 0) is 9.59 Å². The molecule has 0 bridgehead atoms. The number of benzene rings is 2. The van der Waals surface area contributed by atoms with E-state index in [1.165, 1.54) is 0 Å². The molecule has 1 saturated heterocycles. The Morgan fingerprint density at radius 1 is 1.00 bits per heavy atom. The highest BCUT2D eigenvalue weighted by Crippen LogP contribution is 2.33. The lowest BCUT2D eigenvalue weighted by Gasteiger charge is -2.30. The van der Waals surface area contributed by atoms with Crippen LogP contribution in [0.2, 0.25) is 0 Å². The van der Waals surface area contributed by atoms with E-state index in [2.05, 4.69) is 16.1 Å². The molecule has 1 aliphatic heterocycles. The molecule has 1 spiro atoms. The molecule has 1 aliphatic carbocycles. The Kier molecular flexibility index (Phi) is 5.56. The minimum atomic E-state index is -0.869. The Morgan fingerprint density at radius 3 is 2.47 bits per heavy atom. The van der Waals surface area contributed by atoms with Gasteiger partial charge in [-0.25, -0.2) is 4.79 Å². The lowest BCUT2D eigenvalue weighted by Crippen LogP contribution is -2.51. The van der Waals surface area contributed by atoms with E-state index in [-0.39, 0.29) is 12.5 Å². The zero-order valence-electron chi connectivity index (χ0n) is 16.5. The number of hydrogen-bond acceptors (Lipinski definition) is 5. The maximum atomic E-state index is 12.7. The Hall–Kier alpha value is -3.55. The molecular weight excluding hydrogens is 384 g/mol. The van der Waals surface area contributed by atoms with Crippen molar-refractivity contribution in [3.05, 3.63) is 54.6 Å². The zero-order valence-corrected chi connectivity index (χ0v) is 16.5. The first-order valence-corrected chi connectivity index (χ1v) is 10.1. The van der Waals surface area contributed by atoms with Crippen LogP contribution in [0.1, 0.15) is 32.1 Å². The van der Waals surface area contributed by atoms with Gasteiger partial charge in [-0.1, -0.05) is 49.6 Å². The topological polar surface area (TPSA) is 99.8 Å². The minimum absolute atomic E-state index is 0.126. The summed E-state index contributed by atoms with van der Waals surface area (Å²) in [7, 11) is 0. The van der Waals surface area contributed by atoms with Crippen molar-refractivity contribution in [1.82, 2.24) is 15.8 Å². The molecule has 0 atom stereocenters. The highest BCUT2D eigenvalue weighted by molar-refractivity contribution is 6.08. The largest absolute Gasteiger partial charge is 0.455 e. The number of amides is 4. The zero-order chi connectivity index (χ0) is 21.0. The summed E-state index contributed by atoms with van der Waals surface area (Å²) < 4.78 is 5.86. The third-order valence-corrected chi connectivity index (χ3v) is 5.40. The van der Waals surface area contributed by atoms with E-state index in [4.69, 9.17) is 4.74 Å². The molecule has 4 rings (SSSR count). The van der Waals surface area contributed by atoms with Crippen LogP contribution in [0, 0.1) is 0 Å². The van der Waals surface area contributed by atoms with Crippen LogP contribution in [-0.4, -0.2) is 34.9 Å². The van der Waals surface area contributed by atoms with Crippen molar-refractivity contribution >= 4 is 23.5 Å². The first kappa shape index (κ1) is 19.8. The normalized spacial score (nSPS) is 17.5. The fourth-order valence-electron chi connectivity index (χ4n) is 3.87. The Bertz CT molecular complexity index is 941. The molecule has 3 N–H and O–H groups in total. The van der Waals surface area contributed by atoms with E-state index in [1.807, 2.05) is 42.5 Å². The maximum absolute atomic E-state index is 12.7. The van der Waals surface area contributed by atoms with Gasteiger partial charge in [0, 0.05) is 0 Å². The lowest BCUT2D eigenvalue weighted by molar-refractivity contribution is -0.139. The monoisotopic (exact) mass is 408 g/mol. The van der Waals surface area contributed by atoms with E-state index in [1.54, 1.807) is 12.1 Å². The average Bonchev–Trinajstić information content (AvgIpc) is 2.98. The summed E-state index contributed by atoms with van der Waals surface area (Å²) in [6, 6.07) is 16.0. The smallest absolute Gasteiger partial charge is 0.344 e. The van der Waals surface area contributed by atoms with Gasteiger partial charge < -0.3 is 15.4 Å². The fraction of sp³-hybridized carbons (Fsp3) is 0.318.